The molecular formula is C12H25NO2. The van der Waals surface area contributed by atoms with Gasteiger partial charge in [-0.05, 0) is 47.6 Å². The van der Waals surface area contributed by atoms with Crippen molar-refractivity contribution in [3.05, 3.63) is 0 Å². The van der Waals surface area contributed by atoms with Crippen molar-refractivity contribution in [2.75, 3.05) is 13.2 Å². The highest BCUT2D eigenvalue weighted by Gasteiger charge is 2.26. The summed E-state index contributed by atoms with van der Waals surface area (Å²) in [7, 11) is 0. The Balaban J connectivity index is 3.98. The molecule has 0 saturated carbocycles. The zero-order valence-electron chi connectivity index (χ0n) is 10.9. The molecule has 0 atom stereocenters. The summed E-state index contributed by atoms with van der Waals surface area (Å²) in [5.74, 6) is -0.145. The predicted molar refractivity (Wildman–Crippen MR) is 62.8 cm³/mol. The first-order valence-corrected chi connectivity index (χ1v) is 5.61. The Morgan fingerprint density at radius 3 is 2.13 bits per heavy atom. The van der Waals surface area contributed by atoms with E-state index >= 15 is 0 Å². The van der Waals surface area contributed by atoms with Gasteiger partial charge in [0.2, 0.25) is 0 Å². The topological polar surface area (TPSA) is 38.3 Å². The lowest BCUT2D eigenvalue weighted by molar-refractivity contribution is -0.154. The highest BCUT2D eigenvalue weighted by Crippen LogP contribution is 2.16. The minimum absolute atomic E-state index is 0.142. The molecule has 1 N–H and O–H groups in total. The molecule has 0 aliphatic carbocycles. The van der Waals surface area contributed by atoms with Gasteiger partial charge in [-0.1, -0.05) is 6.92 Å². The van der Waals surface area contributed by atoms with Crippen molar-refractivity contribution < 1.29 is 9.53 Å². The smallest absolute Gasteiger partial charge is 0.311 e. The summed E-state index contributed by atoms with van der Waals surface area (Å²) < 4.78 is 5.27. The van der Waals surface area contributed by atoms with Crippen molar-refractivity contribution in [3.63, 3.8) is 0 Å². The lowest BCUT2D eigenvalue weighted by atomic mass is 9.97. The van der Waals surface area contributed by atoms with Crippen LogP contribution in [0.2, 0.25) is 0 Å². The monoisotopic (exact) mass is 215 g/mol. The summed E-state index contributed by atoms with van der Waals surface area (Å²) in [6.07, 6.45) is 1.08. The molecule has 0 aromatic carbocycles. The minimum Gasteiger partial charge on any atom is -0.463 e. The van der Waals surface area contributed by atoms with Crippen LogP contribution in [0.1, 0.15) is 48.0 Å². The van der Waals surface area contributed by atoms with Crippen molar-refractivity contribution in [2.45, 2.75) is 53.5 Å². The highest BCUT2D eigenvalue weighted by molar-refractivity contribution is 5.75. The van der Waals surface area contributed by atoms with Gasteiger partial charge in [0.1, 0.15) is 6.61 Å². The molecule has 0 heterocycles. The number of hydrogen-bond acceptors (Lipinski definition) is 3. The molecule has 3 heteroatoms. The molecule has 3 nitrogen and oxygen atoms in total. The molecule has 0 aromatic rings. The van der Waals surface area contributed by atoms with Gasteiger partial charge in [-0.15, -0.1) is 0 Å². The zero-order valence-corrected chi connectivity index (χ0v) is 10.9. The molecule has 0 fully saturated rings. The summed E-state index contributed by atoms with van der Waals surface area (Å²) in [5.41, 5.74) is -0.558. The van der Waals surface area contributed by atoms with Crippen molar-refractivity contribution in [1.29, 1.82) is 0 Å². The van der Waals surface area contributed by atoms with Gasteiger partial charge in [0, 0.05) is 5.54 Å². The fourth-order valence-corrected chi connectivity index (χ4v) is 0.977. The number of nitrogens with one attached hydrogen (secondary N) is 1. The number of carbonyl (C=O) groups is 1. The van der Waals surface area contributed by atoms with E-state index in [2.05, 4.69) is 12.2 Å². The van der Waals surface area contributed by atoms with E-state index in [9.17, 15) is 4.79 Å². The third-order valence-corrected chi connectivity index (χ3v) is 2.03. The van der Waals surface area contributed by atoms with Gasteiger partial charge in [0.15, 0.2) is 0 Å². The molecular weight excluding hydrogens is 190 g/mol. The Morgan fingerprint density at radius 1 is 1.20 bits per heavy atom. The van der Waals surface area contributed by atoms with Crippen LogP contribution < -0.4 is 5.32 Å². The first kappa shape index (κ1) is 14.4. The third-order valence-electron chi connectivity index (χ3n) is 2.03. The standard InChI is InChI=1S/C12H25NO2/c1-7-8-13-12(5,6)9-15-10(14)11(2,3)4/h13H,7-9H2,1-6H3. The van der Waals surface area contributed by atoms with E-state index in [1.54, 1.807) is 0 Å². The SMILES string of the molecule is CCCNC(C)(C)COC(=O)C(C)(C)C. The number of rotatable bonds is 5. The molecule has 0 aliphatic rings. The Hall–Kier alpha value is -0.570. The van der Waals surface area contributed by atoms with Crippen LogP contribution in [-0.2, 0) is 9.53 Å². The molecule has 0 rings (SSSR count). The van der Waals surface area contributed by atoms with Gasteiger partial charge in [-0.2, -0.15) is 0 Å². The Morgan fingerprint density at radius 2 is 1.73 bits per heavy atom. The van der Waals surface area contributed by atoms with E-state index in [1.807, 2.05) is 34.6 Å². The van der Waals surface area contributed by atoms with E-state index in [-0.39, 0.29) is 11.5 Å². The molecule has 0 saturated heterocycles. The fraction of sp³-hybridized carbons (Fsp3) is 0.917. The molecule has 0 unspecified atom stereocenters. The van der Waals surface area contributed by atoms with Crippen LogP contribution in [0.5, 0.6) is 0 Å². The molecule has 15 heavy (non-hydrogen) atoms. The molecule has 0 amide bonds. The van der Waals surface area contributed by atoms with Crippen LogP contribution in [0.4, 0.5) is 0 Å². The lowest BCUT2D eigenvalue weighted by Gasteiger charge is -2.27. The molecule has 0 aromatic heterocycles. The van der Waals surface area contributed by atoms with Crippen LogP contribution in [0, 0.1) is 5.41 Å². The normalized spacial score (nSPS) is 12.7. The van der Waals surface area contributed by atoms with Crippen LogP contribution in [0.15, 0.2) is 0 Å². The fourth-order valence-electron chi connectivity index (χ4n) is 0.977. The summed E-state index contributed by atoms with van der Waals surface area (Å²) in [4.78, 5) is 11.5. The molecule has 0 radical (unpaired) electrons. The van der Waals surface area contributed by atoms with E-state index in [0.717, 1.165) is 13.0 Å². The second-order valence-electron chi connectivity index (χ2n) is 5.64. The molecule has 0 spiro atoms. The van der Waals surface area contributed by atoms with Crippen molar-refractivity contribution in [1.82, 2.24) is 5.32 Å². The van der Waals surface area contributed by atoms with Crippen molar-refractivity contribution >= 4 is 5.97 Å². The number of carbonyl (C=O) groups excluding carboxylic acids is 1. The van der Waals surface area contributed by atoms with Crippen molar-refractivity contribution in [3.8, 4) is 0 Å². The zero-order chi connectivity index (χ0) is 12.1. The van der Waals surface area contributed by atoms with Crippen LogP contribution >= 0.6 is 0 Å². The minimum atomic E-state index is -0.416. The summed E-state index contributed by atoms with van der Waals surface area (Å²) in [5, 5.41) is 3.34. The van der Waals surface area contributed by atoms with E-state index in [1.165, 1.54) is 0 Å². The van der Waals surface area contributed by atoms with Crippen molar-refractivity contribution in [2.24, 2.45) is 5.41 Å². The average Bonchev–Trinajstić information content (AvgIpc) is 2.09. The van der Waals surface area contributed by atoms with Gasteiger partial charge < -0.3 is 10.1 Å². The molecule has 0 aliphatic heterocycles. The quantitative estimate of drug-likeness (QED) is 0.715. The van der Waals surface area contributed by atoms with E-state index in [4.69, 9.17) is 4.74 Å². The third kappa shape index (κ3) is 6.50. The molecule has 0 bridgehead atoms. The van der Waals surface area contributed by atoms with Crippen LogP contribution in [0.3, 0.4) is 0 Å². The first-order valence-electron chi connectivity index (χ1n) is 5.61. The molecule has 90 valence electrons. The maximum absolute atomic E-state index is 11.5. The van der Waals surface area contributed by atoms with Gasteiger partial charge in [0.25, 0.3) is 0 Å². The maximum atomic E-state index is 11.5. The van der Waals surface area contributed by atoms with Gasteiger partial charge in [0.05, 0.1) is 5.41 Å². The first-order chi connectivity index (χ1) is 6.69. The van der Waals surface area contributed by atoms with Gasteiger partial charge in [-0.25, -0.2) is 0 Å². The summed E-state index contributed by atoms with van der Waals surface area (Å²) >= 11 is 0. The summed E-state index contributed by atoms with van der Waals surface area (Å²) in [6, 6.07) is 0. The van der Waals surface area contributed by atoms with Gasteiger partial charge >= 0.3 is 5.97 Å². The second-order valence-corrected chi connectivity index (χ2v) is 5.64. The number of ether oxygens (including phenoxy) is 1. The van der Waals surface area contributed by atoms with Crippen LogP contribution in [0.25, 0.3) is 0 Å². The van der Waals surface area contributed by atoms with Crippen LogP contribution in [-0.4, -0.2) is 24.7 Å². The largest absolute Gasteiger partial charge is 0.463 e. The van der Waals surface area contributed by atoms with E-state index < -0.39 is 5.41 Å². The van der Waals surface area contributed by atoms with E-state index in [0.29, 0.717) is 6.61 Å². The maximum Gasteiger partial charge on any atom is 0.311 e. The summed E-state index contributed by atoms with van der Waals surface area (Å²) in [6.45, 7) is 13.1. The highest BCUT2D eigenvalue weighted by atomic mass is 16.5. The van der Waals surface area contributed by atoms with Gasteiger partial charge in [-0.3, -0.25) is 4.79 Å². The lowest BCUT2D eigenvalue weighted by Crippen LogP contribution is -2.45. The Kier molecular flexibility index (Phi) is 5.29. The second kappa shape index (κ2) is 5.50. The number of esters is 1. The number of hydrogen-bond donors (Lipinski definition) is 1. The Bertz CT molecular complexity index is 204. The predicted octanol–water partition coefficient (Wildman–Crippen LogP) is 2.35. The average molecular weight is 215 g/mol. The Labute approximate surface area is 93.6 Å².